The van der Waals surface area contributed by atoms with E-state index in [1.807, 2.05) is 72.9 Å². The molecule has 0 bridgehead atoms. The summed E-state index contributed by atoms with van der Waals surface area (Å²) in [4.78, 5) is 4.99. The van der Waals surface area contributed by atoms with Crippen LogP contribution in [0.4, 0.5) is 0 Å². The number of para-hydroxylation sites is 2. The van der Waals surface area contributed by atoms with Crippen molar-refractivity contribution < 1.29 is 44.6 Å². The van der Waals surface area contributed by atoms with E-state index in [2.05, 4.69) is 161 Å². The molecular formula is C63H37BN4O4Pt-2. The van der Waals surface area contributed by atoms with Gasteiger partial charge in [0.25, 0.3) is 13.0 Å². The predicted molar refractivity (Wildman–Crippen MR) is 281 cm³/mol. The van der Waals surface area contributed by atoms with Crippen molar-refractivity contribution in [1.82, 2.24) is 14.1 Å². The smallest absolute Gasteiger partial charge is 0.270 e. The molecular weight excluding hydrogens is 1080 g/mol. The van der Waals surface area contributed by atoms with Crippen molar-refractivity contribution >= 4 is 56.1 Å². The van der Waals surface area contributed by atoms with Crippen LogP contribution in [0.1, 0.15) is 25.0 Å². The summed E-state index contributed by atoms with van der Waals surface area (Å²) in [5.41, 5.74) is 16.0. The van der Waals surface area contributed by atoms with Crippen LogP contribution in [0.25, 0.3) is 72.3 Å². The molecule has 8 nitrogen and oxygen atoms in total. The number of aromatic nitrogens is 4. The van der Waals surface area contributed by atoms with Gasteiger partial charge in [-0.25, -0.2) is 4.98 Å². The SMILES string of the molecule is CC1(C)c2ccc(Oc3[c-]c(-n4c5cc6c7c(c5c5cccnc54)Oc4cccc5c4B7c4c(cccc4O6)O5)ccc3)[c-]c2-n2[c-][n+](-c3c(-c4ccccc4)cccc3-c3ccccc3)c3cccc1c32.[Pt]. The summed E-state index contributed by atoms with van der Waals surface area (Å²) >= 11 is 0. The van der Waals surface area contributed by atoms with Crippen LogP contribution >= 0.6 is 0 Å². The fourth-order valence-electron chi connectivity index (χ4n) is 12.0. The van der Waals surface area contributed by atoms with Crippen LogP contribution < -0.4 is 39.9 Å². The van der Waals surface area contributed by atoms with E-state index >= 15 is 0 Å². The Labute approximate surface area is 434 Å². The third kappa shape index (κ3) is 5.88. The van der Waals surface area contributed by atoms with Crippen LogP contribution in [-0.4, -0.2) is 20.8 Å². The van der Waals surface area contributed by atoms with E-state index in [1.165, 1.54) is 5.56 Å². The second-order valence-corrected chi connectivity index (χ2v) is 19.4. The van der Waals surface area contributed by atoms with E-state index < -0.39 is 0 Å². The van der Waals surface area contributed by atoms with Crippen LogP contribution in [0.15, 0.2) is 188 Å². The number of nitrogens with zero attached hydrogens (tertiary/aromatic N) is 4. The Morgan fingerprint density at radius 3 is 1.96 bits per heavy atom. The zero-order valence-electron chi connectivity index (χ0n) is 39.2. The topological polar surface area (TPSA) is 63.6 Å². The molecule has 348 valence electrons. The molecule has 10 heteroatoms. The first-order valence-electron chi connectivity index (χ1n) is 24.2. The van der Waals surface area contributed by atoms with Crippen molar-refractivity contribution in [3.05, 3.63) is 218 Å². The van der Waals surface area contributed by atoms with Crippen LogP contribution in [0, 0.1) is 18.5 Å². The Morgan fingerprint density at radius 1 is 0.589 bits per heavy atom. The van der Waals surface area contributed by atoms with Gasteiger partial charge in [-0.15, -0.1) is 35.9 Å². The van der Waals surface area contributed by atoms with Gasteiger partial charge in [0, 0.05) is 66.6 Å². The van der Waals surface area contributed by atoms with Gasteiger partial charge in [-0.05, 0) is 75.3 Å². The van der Waals surface area contributed by atoms with E-state index in [1.54, 1.807) is 0 Å². The molecule has 0 atom stereocenters. The van der Waals surface area contributed by atoms with E-state index in [0.29, 0.717) is 11.5 Å². The number of fused-ring (bicyclic) bond motifs is 6. The molecule has 0 N–H and O–H groups in total. The summed E-state index contributed by atoms with van der Waals surface area (Å²) in [6.07, 6.45) is 5.70. The second kappa shape index (κ2) is 15.4. The summed E-state index contributed by atoms with van der Waals surface area (Å²) in [7, 11) is 0. The first-order chi connectivity index (χ1) is 35.5. The average Bonchev–Trinajstić information content (AvgIpc) is 3.97. The van der Waals surface area contributed by atoms with Gasteiger partial charge in [-0.1, -0.05) is 129 Å². The maximum absolute atomic E-state index is 6.96. The van der Waals surface area contributed by atoms with Gasteiger partial charge in [0.1, 0.15) is 40.1 Å². The minimum Gasteiger partial charge on any atom is -0.510 e. The summed E-state index contributed by atoms with van der Waals surface area (Å²) in [5.74, 6) is 5.72. The van der Waals surface area contributed by atoms with Crippen molar-refractivity contribution in [2.45, 2.75) is 19.3 Å². The third-order valence-electron chi connectivity index (χ3n) is 15.1. The molecule has 0 fully saturated rings. The largest absolute Gasteiger partial charge is 0.510 e. The zero-order chi connectivity index (χ0) is 47.4. The van der Waals surface area contributed by atoms with E-state index in [-0.39, 0.29) is 33.2 Å². The van der Waals surface area contributed by atoms with Crippen LogP contribution in [0.3, 0.4) is 0 Å². The number of rotatable bonds is 6. The third-order valence-corrected chi connectivity index (χ3v) is 15.1. The van der Waals surface area contributed by atoms with Crippen molar-refractivity contribution in [3.8, 4) is 85.3 Å². The second-order valence-electron chi connectivity index (χ2n) is 19.4. The maximum Gasteiger partial charge on any atom is 0.270 e. The Hall–Kier alpha value is -8.65. The number of pyridine rings is 1. The average molecular weight is 1120 g/mol. The molecule has 4 aliphatic rings. The van der Waals surface area contributed by atoms with Crippen LogP contribution in [0.2, 0.25) is 0 Å². The quantitative estimate of drug-likeness (QED) is 0.0943. The number of ether oxygens (including phenoxy) is 4. The van der Waals surface area contributed by atoms with Crippen molar-refractivity contribution in [2.75, 3.05) is 0 Å². The summed E-state index contributed by atoms with van der Waals surface area (Å²) in [5, 5.41) is 1.90. The van der Waals surface area contributed by atoms with E-state index in [9.17, 15) is 0 Å². The van der Waals surface area contributed by atoms with Crippen LogP contribution in [0.5, 0.6) is 46.0 Å². The van der Waals surface area contributed by atoms with Gasteiger partial charge < -0.3 is 28.1 Å². The number of imidazole rings is 1. The molecule has 4 aliphatic heterocycles. The number of hydrogen-bond acceptors (Lipinski definition) is 5. The predicted octanol–water partition coefficient (Wildman–Crippen LogP) is 12.4. The minimum absolute atomic E-state index is 0. The molecule has 0 saturated carbocycles. The van der Waals surface area contributed by atoms with E-state index in [0.717, 1.165) is 129 Å². The molecule has 73 heavy (non-hydrogen) atoms. The Kier molecular flexibility index (Phi) is 8.89. The van der Waals surface area contributed by atoms with E-state index in [4.69, 9.17) is 23.9 Å². The van der Waals surface area contributed by atoms with Gasteiger partial charge in [0.05, 0.1) is 27.6 Å². The molecule has 0 unspecified atom stereocenters. The first kappa shape index (κ1) is 42.1. The van der Waals surface area contributed by atoms with Gasteiger partial charge in [0.15, 0.2) is 0 Å². The van der Waals surface area contributed by atoms with Gasteiger partial charge in [-0.2, -0.15) is 12.1 Å². The molecule has 9 aromatic carbocycles. The summed E-state index contributed by atoms with van der Waals surface area (Å²) < 4.78 is 33.5. The standard InChI is InChI=1S/C63H37BN4O4.Pt/c1-63(2)45-31-30-41(34-48(45)67-36-66(47-25-11-24-46(63)60(47)67)59-42(37-15-5-3-6-16-37)21-10-22-43(59)38-17-7-4-8-18-38)69-40-20-9-19-39(33-40)68-49-35-54-58-61(55(49)44-23-14-32-65-62(44)68)72-53-29-13-27-51-57(53)64(58)56-50(70-51)26-12-28-52(56)71-54;/h3-32,35H,1-2H3;/q-2;. The molecule has 0 amide bonds. The maximum atomic E-state index is 6.96. The monoisotopic (exact) mass is 1120 g/mol. The van der Waals surface area contributed by atoms with Crippen LogP contribution in [-0.2, 0) is 26.5 Å². The molecule has 0 aliphatic carbocycles. The van der Waals surface area contributed by atoms with Gasteiger partial charge in [-0.3, -0.25) is 4.57 Å². The summed E-state index contributed by atoms with van der Waals surface area (Å²) in [6, 6.07) is 70.1. The summed E-state index contributed by atoms with van der Waals surface area (Å²) in [6.45, 7) is 4.47. The van der Waals surface area contributed by atoms with Crippen molar-refractivity contribution in [3.63, 3.8) is 0 Å². The molecule has 12 aromatic rings. The molecule has 3 aromatic heterocycles. The molecule has 0 saturated heterocycles. The minimum atomic E-state index is -0.355. The zero-order valence-corrected chi connectivity index (χ0v) is 41.5. The molecule has 7 heterocycles. The first-order valence-corrected chi connectivity index (χ1v) is 24.2. The van der Waals surface area contributed by atoms with Gasteiger partial charge >= 0.3 is 0 Å². The van der Waals surface area contributed by atoms with Gasteiger partial charge in [0.2, 0.25) is 0 Å². The van der Waals surface area contributed by atoms with Crippen molar-refractivity contribution in [2.24, 2.45) is 0 Å². The van der Waals surface area contributed by atoms with Crippen molar-refractivity contribution in [1.29, 1.82) is 0 Å². The molecule has 16 rings (SSSR count). The Morgan fingerprint density at radius 2 is 1.23 bits per heavy atom. The normalized spacial score (nSPS) is 13.6. The Bertz CT molecular complexity index is 4260. The number of hydrogen-bond donors (Lipinski definition) is 0. The molecule has 0 spiro atoms. The Balaban J connectivity index is 0.00000473. The fraction of sp³-hybridized carbons (Fsp3) is 0.0476. The number of benzene rings is 9. The fourth-order valence-corrected chi connectivity index (χ4v) is 12.0. The molecule has 0 radical (unpaired) electrons.